The molecule has 1 aromatic carbocycles. The summed E-state index contributed by atoms with van der Waals surface area (Å²) in [4.78, 5) is 14.9. The van der Waals surface area contributed by atoms with E-state index in [-0.39, 0.29) is 5.41 Å². The number of benzene rings is 1. The smallest absolute Gasteiger partial charge is 0.183 e. The van der Waals surface area contributed by atoms with Crippen molar-refractivity contribution in [2.24, 2.45) is 0 Å². The van der Waals surface area contributed by atoms with Crippen molar-refractivity contribution < 1.29 is 4.79 Å². The van der Waals surface area contributed by atoms with Crippen molar-refractivity contribution in [2.75, 3.05) is 0 Å². The van der Waals surface area contributed by atoms with Crippen molar-refractivity contribution in [3.8, 4) is 0 Å². The monoisotopic (exact) mass is 256 g/mol. The zero-order valence-corrected chi connectivity index (χ0v) is 11.3. The van der Waals surface area contributed by atoms with Crippen LogP contribution < -0.4 is 0 Å². The van der Waals surface area contributed by atoms with Gasteiger partial charge in [-0.1, -0.05) is 37.3 Å². The Morgan fingerprint density at radius 1 is 1.17 bits per heavy atom. The Labute approximate surface area is 111 Å². The van der Waals surface area contributed by atoms with E-state index in [1.54, 1.807) is 11.3 Å². The molecule has 0 spiro atoms. The Hall–Kier alpha value is -1.41. The topological polar surface area (TPSA) is 17.1 Å². The molecule has 0 unspecified atom stereocenters. The minimum atomic E-state index is -0.211. The molecule has 0 atom stereocenters. The molecule has 3 rings (SSSR count). The second-order valence-electron chi connectivity index (χ2n) is 4.90. The molecular formula is C16H16OS. The van der Waals surface area contributed by atoms with Gasteiger partial charge in [-0.25, -0.2) is 0 Å². The molecule has 1 nitrogen and oxygen atoms in total. The first-order chi connectivity index (χ1) is 8.76. The van der Waals surface area contributed by atoms with E-state index in [2.05, 4.69) is 25.1 Å². The van der Waals surface area contributed by atoms with E-state index >= 15 is 0 Å². The van der Waals surface area contributed by atoms with Crippen LogP contribution in [0.1, 0.15) is 39.9 Å². The highest BCUT2D eigenvalue weighted by molar-refractivity contribution is 7.14. The summed E-state index contributed by atoms with van der Waals surface area (Å²) in [5.41, 5.74) is 0.971. The van der Waals surface area contributed by atoms with E-state index in [1.165, 1.54) is 10.4 Å². The lowest BCUT2D eigenvalue weighted by Crippen LogP contribution is -2.19. The minimum Gasteiger partial charge on any atom is -0.292 e. The number of carbonyl (C=O) groups is 1. The third-order valence-electron chi connectivity index (χ3n) is 3.74. The van der Waals surface area contributed by atoms with Gasteiger partial charge in [0.15, 0.2) is 5.78 Å². The Balaban J connectivity index is 1.93. The summed E-state index contributed by atoms with van der Waals surface area (Å²) >= 11 is 1.65. The quantitative estimate of drug-likeness (QED) is 0.748. The van der Waals surface area contributed by atoms with Crippen LogP contribution in [0, 0.1) is 0 Å². The van der Waals surface area contributed by atoms with Crippen molar-refractivity contribution in [1.82, 2.24) is 0 Å². The predicted octanol–water partition coefficient (Wildman–Crippen LogP) is 4.23. The highest BCUT2D eigenvalue weighted by atomic mass is 32.1. The maximum Gasteiger partial charge on any atom is 0.183 e. The summed E-state index contributed by atoms with van der Waals surface area (Å²) in [6.07, 6.45) is 3.00. The molecule has 92 valence electrons. The van der Waals surface area contributed by atoms with Gasteiger partial charge in [0.2, 0.25) is 0 Å². The first-order valence-corrected chi connectivity index (χ1v) is 7.27. The predicted molar refractivity (Wildman–Crippen MR) is 75.4 cm³/mol. The standard InChI is InChI=1S/C16H16OS/c1-2-13-8-9-14(18-13)15(17)16(10-11-16)12-6-4-3-5-7-12/h3-9H,2,10-11H2,1H3. The lowest BCUT2D eigenvalue weighted by atomic mass is 9.90. The van der Waals surface area contributed by atoms with Gasteiger partial charge in [-0.2, -0.15) is 0 Å². The normalized spacial score (nSPS) is 16.5. The van der Waals surface area contributed by atoms with Crippen molar-refractivity contribution in [3.63, 3.8) is 0 Å². The second kappa shape index (κ2) is 4.36. The van der Waals surface area contributed by atoms with Crippen LogP contribution in [-0.2, 0) is 11.8 Å². The molecule has 1 fully saturated rings. The van der Waals surface area contributed by atoms with Crippen LogP contribution in [0.5, 0.6) is 0 Å². The SMILES string of the molecule is CCc1ccc(C(=O)C2(c3ccccc3)CC2)s1. The van der Waals surface area contributed by atoms with Crippen LogP contribution in [0.4, 0.5) is 0 Å². The maximum atomic E-state index is 12.7. The van der Waals surface area contributed by atoms with E-state index in [9.17, 15) is 4.79 Å². The van der Waals surface area contributed by atoms with Crippen LogP contribution in [0.15, 0.2) is 42.5 Å². The molecule has 18 heavy (non-hydrogen) atoms. The molecule has 0 N–H and O–H groups in total. The summed E-state index contributed by atoms with van der Waals surface area (Å²) in [5, 5.41) is 0. The van der Waals surface area contributed by atoms with E-state index < -0.39 is 0 Å². The summed E-state index contributed by atoms with van der Waals surface area (Å²) < 4.78 is 0. The zero-order chi connectivity index (χ0) is 12.6. The zero-order valence-electron chi connectivity index (χ0n) is 10.5. The van der Waals surface area contributed by atoms with Crippen LogP contribution in [-0.4, -0.2) is 5.78 Å². The number of hydrogen-bond donors (Lipinski definition) is 0. The molecule has 1 aliphatic carbocycles. The Bertz CT molecular complexity index is 564. The van der Waals surface area contributed by atoms with Gasteiger partial charge in [0.1, 0.15) is 0 Å². The second-order valence-corrected chi connectivity index (χ2v) is 6.07. The van der Waals surface area contributed by atoms with E-state index in [0.29, 0.717) is 5.78 Å². The highest BCUT2D eigenvalue weighted by Gasteiger charge is 2.51. The molecule has 0 amide bonds. The van der Waals surface area contributed by atoms with E-state index in [4.69, 9.17) is 0 Å². The molecule has 2 heteroatoms. The lowest BCUT2D eigenvalue weighted by molar-refractivity contribution is 0.0950. The lowest BCUT2D eigenvalue weighted by Gasteiger charge is -2.13. The number of Topliss-reactive ketones (excluding diaryl/α,β-unsaturated/α-hetero) is 1. The van der Waals surface area contributed by atoms with Gasteiger partial charge >= 0.3 is 0 Å². The number of aryl methyl sites for hydroxylation is 1. The largest absolute Gasteiger partial charge is 0.292 e. The fourth-order valence-corrected chi connectivity index (χ4v) is 3.44. The van der Waals surface area contributed by atoms with Gasteiger partial charge < -0.3 is 0 Å². The van der Waals surface area contributed by atoms with Crippen molar-refractivity contribution in [2.45, 2.75) is 31.6 Å². The molecule has 0 aliphatic heterocycles. The van der Waals surface area contributed by atoms with Gasteiger partial charge in [0.25, 0.3) is 0 Å². The summed E-state index contributed by atoms with van der Waals surface area (Å²) in [6.45, 7) is 2.13. The van der Waals surface area contributed by atoms with Crippen LogP contribution in [0.25, 0.3) is 0 Å². The van der Waals surface area contributed by atoms with Crippen molar-refractivity contribution >= 4 is 17.1 Å². The van der Waals surface area contributed by atoms with Gasteiger partial charge in [0, 0.05) is 4.88 Å². The van der Waals surface area contributed by atoms with Gasteiger partial charge in [-0.3, -0.25) is 4.79 Å². The molecule has 1 aromatic heterocycles. The molecule has 2 aromatic rings. The first kappa shape index (κ1) is 11.7. The number of carbonyl (C=O) groups excluding carboxylic acids is 1. The van der Waals surface area contributed by atoms with Gasteiger partial charge in [-0.15, -0.1) is 11.3 Å². The summed E-state index contributed by atoms with van der Waals surface area (Å²) in [6, 6.07) is 14.3. The minimum absolute atomic E-state index is 0.211. The third kappa shape index (κ3) is 1.81. The van der Waals surface area contributed by atoms with Crippen molar-refractivity contribution in [1.29, 1.82) is 0 Å². The van der Waals surface area contributed by atoms with Crippen LogP contribution in [0.3, 0.4) is 0 Å². The molecule has 1 heterocycles. The highest BCUT2D eigenvalue weighted by Crippen LogP contribution is 2.51. The number of ketones is 1. The molecule has 0 saturated heterocycles. The number of hydrogen-bond acceptors (Lipinski definition) is 2. The summed E-state index contributed by atoms with van der Waals surface area (Å²) in [5.74, 6) is 0.318. The first-order valence-electron chi connectivity index (χ1n) is 6.45. The van der Waals surface area contributed by atoms with Crippen molar-refractivity contribution in [3.05, 3.63) is 57.8 Å². The Morgan fingerprint density at radius 2 is 1.89 bits per heavy atom. The fraction of sp³-hybridized carbons (Fsp3) is 0.312. The molecule has 1 saturated carbocycles. The average Bonchev–Trinajstić information content (AvgIpc) is 3.10. The van der Waals surface area contributed by atoms with Crippen LogP contribution >= 0.6 is 11.3 Å². The fourth-order valence-electron chi connectivity index (χ4n) is 2.45. The molecule has 1 aliphatic rings. The Kier molecular flexibility index (Phi) is 2.83. The average molecular weight is 256 g/mol. The third-order valence-corrected chi connectivity index (χ3v) is 4.97. The number of rotatable bonds is 4. The van der Waals surface area contributed by atoms with E-state index in [0.717, 1.165) is 24.1 Å². The van der Waals surface area contributed by atoms with Crippen LogP contribution in [0.2, 0.25) is 0 Å². The van der Waals surface area contributed by atoms with E-state index in [1.807, 2.05) is 24.3 Å². The molecular weight excluding hydrogens is 240 g/mol. The molecule has 0 bridgehead atoms. The summed E-state index contributed by atoms with van der Waals surface area (Å²) in [7, 11) is 0. The Morgan fingerprint density at radius 3 is 2.44 bits per heavy atom. The maximum absolute atomic E-state index is 12.7. The van der Waals surface area contributed by atoms with Gasteiger partial charge in [0.05, 0.1) is 10.3 Å². The molecule has 0 radical (unpaired) electrons. The number of thiophene rings is 1. The van der Waals surface area contributed by atoms with Gasteiger partial charge in [-0.05, 0) is 37.0 Å².